The number of nitrogens with zero attached hydrogens (tertiary/aromatic N) is 2. The number of ether oxygens (including phenoxy) is 2. The zero-order chi connectivity index (χ0) is 28.3. The molecule has 0 aromatic carbocycles. The van der Waals surface area contributed by atoms with Crippen molar-refractivity contribution in [1.82, 2.24) is 9.80 Å². The maximum Gasteiger partial charge on any atom is 0.313 e. The quantitative estimate of drug-likeness (QED) is 0.432. The van der Waals surface area contributed by atoms with Crippen LogP contribution in [0.15, 0.2) is 24.3 Å². The summed E-state index contributed by atoms with van der Waals surface area (Å²) in [5, 5.41) is 10.4. The second-order valence-corrected chi connectivity index (χ2v) is 13.8. The highest BCUT2D eigenvalue weighted by atomic mass is 16.6. The molecular formula is C30H46N2O6. The van der Waals surface area contributed by atoms with Crippen LogP contribution in [0.4, 0.5) is 0 Å². The van der Waals surface area contributed by atoms with Crippen LogP contribution in [0.1, 0.15) is 74.7 Å². The second-order valence-electron chi connectivity index (χ2n) is 13.8. The summed E-state index contributed by atoms with van der Waals surface area (Å²) in [6.45, 7) is 16.6. The van der Waals surface area contributed by atoms with Crippen LogP contribution in [0.25, 0.3) is 0 Å². The molecule has 212 valence electrons. The van der Waals surface area contributed by atoms with E-state index in [1.807, 2.05) is 50.0 Å². The van der Waals surface area contributed by atoms with E-state index < -0.39 is 46.6 Å². The van der Waals surface area contributed by atoms with E-state index in [0.29, 0.717) is 13.0 Å². The van der Waals surface area contributed by atoms with Gasteiger partial charge in [0.05, 0.1) is 30.8 Å². The normalized spacial score (nSPS) is 35.6. The zero-order valence-corrected chi connectivity index (χ0v) is 24.3. The largest absolute Gasteiger partial charge is 0.465 e. The Morgan fingerprint density at radius 1 is 1.05 bits per heavy atom. The van der Waals surface area contributed by atoms with Gasteiger partial charge in [0.2, 0.25) is 11.8 Å². The fraction of sp³-hybridized carbons (Fsp3) is 0.767. The average molecular weight is 531 g/mol. The van der Waals surface area contributed by atoms with Gasteiger partial charge in [-0.15, -0.1) is 0 Å². The first kappa shape index (κ1) is 28.8. The van der Waals surface area contributed by atoms with Gasteiger partial charge in [-0.2, -0.15) is 0 Å². The van der Waals surface area contributed by atoms with Crippen LogP contribution in [0.5, 0.6) is 0 Å². The van der Waals surface area contributed by atoms with E-state index in [-0.39, 0.29) is 36.4 Å². The van der Waals surface area contributed by atoms with Crippen LogP contribution in [0.3, 0.4) is 0 Å². The minimum absolute atomic E-state index is 0.0351. The predicted octanol–water partition coefficient (Wildman–Crippen LogP) is 3.48. The number of aliphatic hydroxyl groups excluding tert-OH is 1. The topological polar surface area (TPSA) is 96.4 Å². The van der Waals surface area contributed by atoms with Crippen LogP contribution in [0, 0.1) is 23.2 Å². The summed E-state index contributed by atoms with van der Waals surface area (Å²) in [5.41, 5.74) is -3.01. The molecule has 1 N–H and O–H groups in total. The molecule has 4 aliphatic heterocycles. The predicted molar refractivity (Wildman–Crippen MR) is 144 cm³/mol. The van der Waals surface area contributed by atoms with Crippen molar-refractivity contribution < 1.29 is 29.0 Å². The highest BCUT2D eigenvalue weighted by molar-refractivity contribution is 5.99. The summed E-state index contributed by atoms with van der Waals surface area (Å²) in [7, 11) is 0. The fourth-order valence-corrected chi connectivity index (χ4v) is 7.49. The number of cyclic esters (lactones) is 1. The summed E-state index contributed by atoms with van der Waals surface area (Å²) in [6, 6.07) is -1.61. The maximum absolute atomic E-state index is 14.7. The third-order valence-electron chi connectivity index (χ3n) is 8.70. The molecule has 4 rings (SSSR count). The van der Waals surface area contributed by atoms with Crippen molar-refractivity contribution in [3.05, 3.63) is 24.3 Å². The van der Waals surface area contributed by atoms with Crippen molar-refractivity contribution in [2.45, 2.75) is 103 Å². The number of esters is 1. The summed E-state index contributed by atoms with van der Waals surface area (Å²) >= 11 is 0. The molecule has 2 fully saturated rings. The molecule has 8 nitrogen and oxygen atoms in total. The van der Waals surface area contributed by atoms with E-state index in [0.717, 1.165) is 12.8 Å². The Morgan fingerprint density at radius 2 is 1.74 bits per heavy atom. The first-order valence-corrected chi connectivity index (χ1v) is 14.1. The lowest BCUT2D eigenvalue weighted by atomic mass is 9.74. The van der Waals surface area contributed by atoms with Gasteiger partial charge < -0.3 is 24.4 Å². The van der Waals surface area contributed by atoms with E-state index in [9.17, 15) is 19.5 Å². The van der Waals surface area contributed by atoms with Crippen LogP contribution >= 0.6 is 0 Å². The van der Waals surface area contributed by atoms with Gasteiger partial charge in [-0.25, -0.2) is 0 Å². The molecular weight excluding hydrogens is 484 g/mol. The minimum atomic E-state index is -1.36. The third kappa shape index (κ3) is 4.61. The number of rotatable bonds is 5. The molecule has 8 heteroatoms. The molecule has 4 aliphatic rings. The number of carbonyl (C=O) groups excluding carboxylic acids is 3. The Kier molecular flexibility index (Phi) is 7.41. The Hall–Kier alpha value is -2.19. The number of fused-ring (bicyclic) bond motifs is 2. The van der Waals surface area contributed by atoms with Crippen LogP contribution in [-0.4, -0.2) is 81.3 Å². The molecule has 4 heterocycles. The molecule has 0 saturated carbocycles. The first-order valence-electron chi connectivity index (χ1n) is 14.1. The van der Waals surface area contributed by atoms with Crippen LogP contribution < -0.4 is 0 Å². The lowest BCUT2D eigenvalue weighted by Gasteiger charge is -2.46. The Bertz CT molecular complexity index is 1030. The SMILES string of the molecule is CC(C)[C@H](CO)N1C(=O)[C@@H]2[C@@H]3C(=O)OCCC/C=C\[C@]3(C)O[C@@]23C=CCN(C(C)(C)CC(C)(C)C)C(=O)C13. The van der Waals surface area contributed by atoms with Crippen molar-refractivity contribution in [2.75, 3.05) is 19.8 Å². The van der Waals surface area contributed by atoms with E-state index in [2.05, 4.69) is 34.6 Å². The Labute approximate surface area is 227 Å². The molecule has 0 aliphatic carbocycles. The van der Waals surface area contributed by atoms with Crippen molar-refractivity contribution in [3.8, 4) is 0 Å². The summed E-state index contributed by atoms with van der Waals surface area (Å²) in [6.07, 6.45) is 9.80. The lowest BCUT2D eigenvalue weighted by molar-refractivity contribution is -0.163. The molecule has 38 heavy (non-hydrogen) atoms. The van der Waals surface area contributed by atoms with Gasteiger partial charge in [-0.1, -0.05) is 58.9 Å². The zero-order valence-electron chi connectivity index (χ0n) is 24.3. The van der Waals surface area contributed by atoms with Gasteiger partial charge in [-0.05, 0) is 51.4 Å². The highest BCUT2D eigenvalue weighted by Gasteiger charge is 2.75. The molecule has 1 spiro atoms. The smallest absolute Gasteiger partial charge is 0.313 e. The molecule has 0 aromatic heterocycles. The van der Waals surface area contributed by atoms with E-state index >= 15 is 0 Å². The van der Waals surface area contributed by atoms with Gasteiger partial charge in [0.1, 0.15) is 17.6 Å². The van der Waals surface area contributed by atoms with Crippen LogP contribution in [0.2, 0.25) is 0 Å². The standard InChI is InChI=1S/C30H46N2O6/c1-19(2)20(17-33)32-23-25(35)31(28(6,7)18-27(3,4)5)15-12-14-30(23)21(24(32)34)22-26(36)37-16-11-9-10-13-29(22,8)38-30/h10,12-14,19-23,33H,9,11,15-18H2,1-8H3/b13-10-/t20-,21-,22+,23?,29-,30-/m0/s1. The van der Waals surface area contributed by atoms with Gasteiger partial charge in [0.25, 0.3) is 0 Å². The number of hydrogen-bond acceptors (Lipinski definition) is 6. The molecule has 1 unspecified atom stereocenters. The molecule has 2 saturated heterocycles. The highest BCUT2D eigenvalue weighted by Crippen LogP contribution is 2.58. The van der Waals surface area contributed by atoms with Crippen molar-refractivity contribution in [1.29, 1.82) is 0 Å². The summed E-state index contributed by atoms with van der Waals surface area (Å²) in [4.78, 5) is 46.0. The van der Waals surface area contributed by atoms with Crippen LogP contribution in [-0.2, 0) is 23.9 Å². The van der Waals surface area contributed by atoms with E-state index in [1.165, 1.54) is 4.90 Å². The number of allylic oxidation sites excluding steroid dienone is 1. The third-order valence-corrected chi connectivity index (χ3v) is 8.70. The maximum atomic E-state index is 14.7. The molecule has 0 aromatic rings. The summed E-state index contributed by atoms with van der Waals surface area (Å²) in [5.74, 6) is -2.99. The van der Waals surface area contributed by atoms with Gasteiger partial charge in [-0.3, -0.25) is 14.4 Å². The second kappa shape index (κ2) is 9.77. The van der Waals surface area contributed by atoms with Crippen molar-refractivity contribution >= 4 is 17.8 Å². The molecule has 2 amide bonds. The molecule has 0 bridgehead atoms. The van der Waals surface area contributed by atoms with Crippen molar-refractivity contribution in [2.24, 2.45) is 23.2 Å². The summed E-state index contributed by atoms with van der Waals surface area (Å²) < 4.78 is 12.5. The number of carbonyl (C=O) groups is 3. The monoisotopic (exact) mass is 530 g/mol. The first-order chi connectivity index (χ1) is 17.6. The van der Waals surface area contributed by atoms with Crippen molar-refractivity contribution in [3.63, 3.8) is 0 Å². The van der Waals surface area contributed by atoms with Gasteiger partial charge in [0, 0.05) is 12.1 Å². The lowest BCUT2D eigenvalue weighted by Crippen LogP contribution is -2.62. The van der Waals surface area contributed by atoms with Gasteiger partial charge in [0.15, 0.2) is 0 Å². The number of aliphatic hydroxyl groups is 1. The number of hydrogen-bond donors (Lipinski definition) is 1. The number of likely N-dealkylation sites (tertiary alicyclic amines) is 1. The minimum Gasteiger partial charge on any atom is -0.465 e. The molecule has 6 atom stereocenters. The Balaban J connectivity index is 1.90. The Morgan fingerprint density at radius 3 is 2.34 bits per heavy atom. The van der Waals surface area contributed by atoms with Gasteiger partial charge >= 0.3 is 5.97 Å². The number of amides is 2. The fourth-order valence-electron chi connectivity index (χ4n) is 7.49. The average Bonchev–Trinajstić information content (AvgIpc) is 3.12. The van der Waals surface area contributed by atoms with E-state index in [4.69, 9.17) is 9.47 Å². The van der Waals surface area contributed by atoms with E-state index in [1.54, 1.807) is 0 Å². The molecule has 0 radical (unpaired) electrons.